The third kappa shape index (κ3) is 4.01. The molecule has 0 atom stereocenters. The molecule has 0 bridgehead atoms. The zero-order valence-electron chi connectivity index (χ0n) is 19.2. The Hall–Kier alpha value is -4.54. The van der Waals surface area contributed by atoms with Gasteiger partial charge in [0.25, 0.3) is 17.6 Å². The summed E-state index contributed by atoms with van der Waals surface area (Å²) < 4.78 is 5.43. The number of aromatic nitrogens is 5. The van der Waals surface area contributed by atoms with Crippen molar-refractivity contribution in [3.05, 3.63) is 59.7 Å². The Balaban J connectivity index is 1.37. The van der Waals surface area contributed by atoms with Crippen LogP contribution in [0.4, 0.5) is 0 Å². The van der Waals surface area contributed by atoms with Crippen LogP contribution in [0.2, 0.25) is 0 Å². The summed E-state index contributed by atoms with van der Waals surface area (Å²) in [4.78, 5) is 54.0. The maximum Gasteiger partial charge on any atom is 0.295 e. The van der Waals surface area contributed by atoms with Crippen molar-refractivity contribution in [1.29, 1.82) is 0 Å². The van der Waals surface area contributed by atoms with Crippen molar-refractivity contribution in [3.63, 3.8) is 0 Å². The van der Waals surface area contributed by atoms with Crippen molar-refractivity contribution in [2.75, 3.05) is 33.3 Å². The molecule has 1 fully saturated rings. The average Bonchev–Trinajstić information content (AvgIpc) is 3.54. The van der Waals surface area contributed by atoms with Crippen molar-refractivity contribution >= 4 is 28.5 Å². The largest absolute Gasteiger partial charge is 0.494 e. The molecule has 2 N–H and O–H groups in total. The van der Waals surface area contributed by atoms with Crippen LogP contribution in [0.15, 0.2) is 42.7 Å². The Bertz CT molecular complexity index is 1420. The van der Waals surface area contributed by atoms with E-state index in [9.17, 15) is 14.4 Å². The fourth-order valence-corrected chi connectivity index (χ4v) is 4.22. The number of methoxy groups -OCH3 is 1. The molecule has 0 saturated carbocycles. The standard InChI is InChI=1S/C24H23N7O4/c1-14-27-22(29-28-14)20-19-18(17(35-2)13-26-20)16(12-25-19)21(32)24(34)31-10-8-30(9-11-31)23(33)15-6-4-3-5-7-15/h3-7,12-13,25H,8-11H2,1-2H3,(H,27,28,29). The van der Waals surface area contributed by atoms with E-state index in [-0.39, 0.29) is 24.6 Å². The fraction of sp³-hybridized carbons (Fsp3) is 0.250. The zero-order chi connectivity index (χ0) is 24.5. The maximum atomic E-state index is 13.3. The molecule has 1 aliphatic rings. The smallest absolute Gasteiger partial charge is 0.295 e. The van der Waals surface area contributed by atoms with Crippen LogP contribution in [0.5, 0.6) is 5.75 Å². The van der Waals surface area contributed by atoms with Gasteiger partial charge in [0.15, 0.2) is 5.82 Å². The molecular formula is C24H23N7O4. The number of aryl methyl sites for hydroxylation is 1. The fourth-order valence-electron chi connectivity index (χ4n) is 4.22. The molecule has 3 aromatic heterocycles. The number of rotatable bonds is 5. The van der Waals surface area contributed by atoms with Crippen molar-refractivity contribution in [2.24, 2.45) is 0 Å². The summed E-state index contributed by atoms with van der Waals surface area (Å²) in [5.74, 6) is -0.0455. The average molecular weight is 473 g/mol. The van der Waals surface area contributed by atoms with E-state index in [1.807, 2.05) is 18.2 Å². The van der Waals surface area contributed by atoms with Crippen LogP contribution in [0.3, 0.4) is 0 Å². The second-order valence-electron chi connectivity index (χ2n) is 8.14. The third-order valence-electron chi connectivity index (χ3n) is 6.03. The number of ketones is 1. The summed E-state index contributed by atoms with van der Waals surface area (Å²) in [6, 6.07) is 9.00. The number of amides is 2. The molecule has 11 nitrogen and oxygen atoms in total. The number of piperazine rings is 1. The van der Waals surface area contributed by atoms with Gasteiger partial charge >= 0.3 is 0 Å². The minimum Gasteiger partial charge on any atom is -0.494 e. The number of hydrogen-bond donors (Lipinski definition) is 2. The highest BCUT2D eigenvalue weighted by Crippen LogP contribution is 2.33. The highest BCUT2D eigenvalue weighted by molar-refractivity contribution is 6.45. The molecule has 2 amide bonds. The first kappa shape index (κ1) is 22.3. The normalized spacial score (nSPS) is 13.8. The van der Waals surface area contributed by atoms with Gasteiger partial charge in [-0.1, -0.05) is 18.2 Å². The van der Waals surface area contributed by atoms with Crippen molar-refractivity contribution in [2.45, 2.75) is 6.92 Å². The second-order valence-corrected chi connectivity index (χ2v) is 8.14. The Kier molecular flexibility index (Phi) is 5.73. The molecule has 11 heteroatoms. The molecule has 1 saturated heterocycles. The topological polar surface area (TPSA) is 137 Å². The van der Waals surface area contributed by atoms with Crippen molar-refractivity contribution in [3.8, 4) is 17.3 Å². The summed E-state index contributed by atoms with van der Waals surface area (Å²) in [6.07, 6.45) is 2.97. The Morgan fingerprint density at radius 2 is 1.74 bits per heavy atom. The number of pyridine rings is 1. The van der Waals surface area contributed by atoms with Crippen LogP contribution in [-0.4, -0.2) is 85.8 Å². The number of nitrogens with one attached hydrogen (secondary N) is 2. The van der Waals surface area contributed by atoms with E-state index < -0.39 is 11.7 Å². The van der Waals surface area contributed by atoms with E-state index in [0.29, 0.717) is 52.6 Å². The molecule has 0 unspecified atom stereocenters. The molecule has 4 heterocycles. The summed E-state index contributed by atoms with van der Waals surface area (Å²) in [5.41, 5.74) is 1.75. The van der Waals surface area contributed by atoms with Crippen LogP contribution < -0.4 is 4.74 Å². The molecule has 1 aromatic carbocycles. The first-order valence-corrected chi connectivity index (χ1v) is 11.1. The van der Waals surface area contributed by atoms with Gasteiger partial charge in [-0.2, -0.15) is 5.10 Å². The maximum absolute atomic E-state index is 13.3. The minimum absolute atomic E-state index is 0.0897. The van der Waals surface area contributed by atoms with Crippen LogP contribution in [0.1, 0.15) is 26.5 Å². The number of hydrogen-bond acceptors (Lipinski definition) is 7. The van der Waals surface area contributed by atoms with Gasteiger partial charge < -0.3 is 19.5 Å². The molecular weight excluding hydrogens is 450 g/mol. The lowest BCUT2D eigenvalue weighted by atomic mass is 10.1. The number of H-pyrrole nitrogens is 2. The molecule has 178 valence electrons. The van der Waals surface area contributed by atoms with Gasteiger partial charge in [0.05, 0.1) is 29.8 Å². The zero-order valence-corrected chi connectivity index (χ0v) is 19.2. The molecule has 5 rings (SSSR count). The summed E-state index contributed by atoms with van der Waals surface area (Å²) in [5, 5.41) is 7.29. The predicted molar refractivity (Wildman–Crippen MR) is 126 cm³/mol. The Morgan fingerprint density at radius 1 is 1.03 bits per heavy atom. The first-order chi connectivity index (χ1) is 17.0. The highest BCUT2D eigenvalue weighted by Gasteiger charge is 2.31. The van der Waals surface area contributed by atoms with E-state index in [2.05, 4.69) is 25.1 Å². The van der Waals surface area contributed by atoms with Crippen LogP contribution in [0, 0.1) is 6.92 Å². The molecule has 1 aliphatic heterocycles. The third-order valence-corrected chi connectivity index (χ3v) is 6.03. The number of ether oxygens (including phenoxy) is 1. The SMILES string of the molecule is COc1cnc(-c2nc(C)n[nH]2)c2[nH]cc(C(=O)C(=O)N3CCN(C(=O)c4ccccc4)CC3)c12. The number of Topliss-reactive ketones (excluding diaryl/α,β-unsaturated/α-hetero) is 1. The van der Waals surface area contributed by atoms with Crippen molar-refractivity contribution in [1.82, 2.24) is 34.9 Å². The molecule has 35 heavy (non-hydrogen) atoms. The van der Waals surface area contributed by atoms with Gasteiger partial charge in [-0.25, -0.2) is 9.97 Å². The number of aromatic amines is 2. The Labute approximate surface area is 200 Å². The van der Waals surface area contributed by atoms with Crippen LogP contribution >= 0.6 is 0 Å². The quantitative estimate of drug-likeness (QED) is 0.333. The van der Waals surface area contributed by atoms with Gasteiger partial charge in [0.2, 0.25) is 0 Å². The van der Waals surface area contributed by atoms with Gasteiger partial charge in [0.1, 0.15) is 17.3 Å². The summed E-state index contributed by atoms with van der Waals surface area (Å²) >= 11 is 0. The van der Waals surface area contributed by atoms with Crippen molar-refractivity contribution < 1.29 is 19.1 Å². The Morgan fingerprint density at radius 3 is 2.40 bits per heavy atom. The summed E-state index contributed by atoms with van der Waals surface area (Å²) in [6.45, 7) is 2.99. The van der Waals surface area contributed by atoms with E-state index in [1.165, 1.54) is 24.4 Å². The number of carbonyl (C=O) groups is 3. The van der Waals surface area contributed by atoms with Crippen LogP contribution in [-0.2, 0) is 4.79 Å². The number of carbonyl (C=O) groups excluding carboxylic acids is 3. The number of nitrogens with zero attached hydrogens (tertiary/aromatic N) is 5. The van der Waals surface area contributed by atoms with Crippen LogP contribution in [0.25, 0.3) is 22.4 Å². The van der Waals surface area contributed by atoms with E-state index >= 15 is 0 Å². The first-order valence-electron chi connectivity index (χ1n) is 11.1. The van der Waals surface area contributed by atoms with Gasteiger partial charge in [-0.3, -0.25) is 19.5 Å². The number of fused-ring (bicyclic) bond motifs is 1. The lowest BCUT2D eigenvalue weighted by Gasteiger charge is -2.34. The second kappa shape index (κ2) is 9.01. The van der Waals surface area contributed by atoms with E-state index in [4.69, 9.17) is 4.74 Å². The monoisotopic (exact) mass is 473 g/mol. The minimum atomic E-state index is -0.664. The molecule has 0 aliphatic carbocycles. The molecule has 0 radical (unpaired) electrons. The summed E-state index contributed by atoms with van der Waals surface area (Å²) in [7, 11) is 1.47. The lowest BCUT2D eigenvalue weighted by molar-refractivity contribution is -0.127. The lowest BCUT2D eigenvalue weighted by Crippen LogP contribution is -2.52. The molecule has 4 aromatic rings. The highest BCUT2D eigenvalue weighted by atomic mass is 16.5. The van der Waals surface area contributed by atoms with E-state index in [1.54, 1.807) is 24.0 Å². The number of benzene rings is 1. The van der Waals surface area contributed by atoms with Gasteiger partial charge in [0, 0.05) is 37.9 Å². The van der Waals surface area contributed by atoms with Gasteiger partial charge in [-0.05, 0) is 19.1 Å². The van der Waals surface area contributed by atoms with E-state index in [0.717, 1.165) is 0 Å². The molecule has 0 spiro atoms. The van der Waals surface area contributed by atoms with Gasteiger partial charge in [-0.15, -0.1) is 0 Å². The predicted octanol–water partition coefficient (Wildman–Crippen LogP) is 1.83.